The third kappa shape index (κ3) is 3.57. The molecule has 0 amide bonds. The van der Waals surface area contributed by atoms with Gasteiger partial charge in [-0.3, -0.25) is 0 Å². The van der Waals surface area contributed by atoms with E-state index in [1.54, 1.807) is 17.8 Å². The molecule has 2 aromatic rings. The van der Waals surface area contributed by atoms with Crippen LogP contribution in [0.2, 0.25) is 0 Å². The Morgan fingerprint density at radius 2 is 2.00 bits per heavy atom. The SMILES string of the molecule is NCc1cccc(SCc2cc(Br)ccc2F)c1. The zero-order valence-electron chi connectivity index (χ0n) is 9.70. The molecule has 0 bridgehead atoms. The van der Waals surface area contributed by atoms with E-state index in [4.69, 9.17) is 5.73 Å². The first-order valence-corrected chi connectivity index (χ1v) is 7.32. The van der Waals surface area contributed by atoms with E-state index in [0.717, 1.165) is 14.9 Å². The van der Waals surface area contributed by atoms with Crippen LogP contribution in [-0.4, -0.2) is 0 Å². The molecular weight excluding hydrogens is 313 g/mol. The van der Waals surface area contributed by atoms with Crippen LogP contribution in [0.4, 0.5) is 4.39 Å². The van der Waals surface area contributed by atoms with Gasteiger partial charge in [-0.25, -0.2) is 4.39 Å². The van der Waals surface area contributed by atoms with Gasteiger partial charge in [0.05, 0.1) is 0 Å². The predicted octanol–water partition coefficient (Wildman–Crippen LogP) is 4.34. The largest absolute Gasteiger partial charge is 0.326 e. The average Bonchev–Trinajstić information content (AvgIpc) is 2.40. The van der Waals surface area contributed by atoms with Crippen LogP contribution >= 0.6 is 27.7 Å². The monoisotopic (exact) mass is 325 g/mol. The molecule has 0 aliphatic rings. The van der Waals surface area contributed by atoms with Crippen LogP contribution in [0.1, 0.15) is 11.1 Å². The highest BCUT2D eigenvalue weighted by atomic mass is 79.9. The molecule has 0 spiro atoms. The number of hydrogen-bond acceptors (Lipinski definition) is 2. The summed E-state index contributed by atoms with van der Waals surface area (Å²) in [6.07, 6.45) is 0. The molecule has 0 saturated carbocycles. The van der Waals surface area contributed by atoms with Crippen molar-refractivity contribution in [2.45, 2.75) is 17.2 Å². The quantitative estimate of drug-likeness (QED) is 0.846. The zero-order valence-corrected chi connectivity index (χ0v) is 12.1. The summed E-state index contributed by atoms with van der Waals surface area (Å²) in [5, 5.41) is 0. The highest BCUT2D eigenvalue weighted by Gasteiger charge is 2.04. The van der Waals surface area contributed by atoms with Crippen LogP contribution in [-0.2, 0) is 12.3 Å². The standard InChI is InChI=1S/C14H13BrFNS/c15-12-4-5-14(16)11(7-12)9-18-13-3-1-2-10(6-13)8-17/h1-7H,8-9,17H2. The summed E-state index contributed by atoms with van der Waals surface area (Å²) < 4.78 is 14.5. The van der Waals surface area contributed by atoms with Gasteiger partial charge in [-0.1, -0.05) is 28.1 Å². The fraction of sp³-hybridized carbons (Fsp3) is 0.143. The first kappa shape index (κ1) is 13.6. The van der Waals surface area contributed by atoms with Gasteiger partial charge in [-0.05, 0) is 41.5 Å². The van der Waals surface area contributed by atoms with Gasteiger partial charge in [0, 0.05) is 21.7 Å². The summed E-state index contributed by atoms with van der Waals surface area (Å²) in [5.74, 6) is 0.444. The highest BCUT2D eigenvalue weighted by Crippen LogP contribution is 2.26. The number of nitrogens with two attached hydrogens (primary N) is 1. The third-order valence-corrected chi connectivity index (χ3v) is 4.07. The molecule has 0 aliphatic heterocycles. The number of rotatable bonds is 4. The molecule has 0 aliphatic carbocycles. The highest BCUT2D eigenvalue weighted by molar-refractivity contribution is 9.10. The summed E-state index contributed by atoms with van der Waals surface area (Å²) in [6, 6.07) is 13.0. The topological polar surface area (TPSA) is 26.0 Å². The molecule has 0 unspecified atom stereocenters. The Labute approximate surface area is 119 Å². The zero-order chi connectivity index (χ0) is 13.0. The second-order valence-electron chi connectivity index (χ2n) is 3.88. The van der Waals surface area contributed by atoms with Crippen LogP contribution < -0.4 is 5.73 Å². The van der Waals surface area contributed by atoms with Crippen LogP contribution in [0.3, 0.4) is 0 Å². The molecule has 0 fully saturated rings. The molecule has 0 aromatic heterocycles. The van der Waals surface area contributed by atoms with E-state index >= 15 is 0 Å². The second kappa shape index (κ2) is 6.36. The summed E-state index contributed by atoms with van der Waals surface area (Å²) in [5.41, 5.74) is 7.39. The maximum absolute atomic E-state index is 13.6. The van der Waals surface area contributed by atoms with Gasteiger partial charge in [0.25, 0.3) is 0 Å². The Morgan fingerprint density at radius 3 is 2.78 bits per heavy atom. The maximum atomic E-state index is 13.6. The molecule has 18 heavy (non-hydrogen) atoms. The van der Waals surface area contributed by atoms with Gasteiger partial charge in [0.2, 0.25) is 0 Å². The van der Waals surface area contributed by atoms with E-state index in [1.165, 1.54) is 6.07 Å². The van der Waals surface area contributed by atoms with E-state index in [1.807, 2.05) is 30.3 Å². The van der Waals surface area contributed by atoms with Crippen molar-refractivity contribution < 1.29 is 4.39 Å². The van der Waals surface area contributed by atoms with Crippen molar-refractivity contribution >= 4 is 27.7 Å². The normalized spacial score (nSPS) is 10.6. The van der Waals surface area contributed by atoms with Crippen LogP contribution in [0.15, 0.2) is 51.8 Å². The van der Waals surface area contributed by atoms with Gasteiger partial charge in [0.1, 0.15) is 5.82 Å². The fourth-order valence-corrected chi connectivity index (χ4v) is 2.94. The lowest BCUT2D eigenvalue weighted by Crippen LogP contribution is -1.95. The smallest absolute Gasteiger partial charge is 0.127 e. The lowest BCUT2D eigenvalue weighted by molar-refractivity contribution is 0.617. The van der Waals surface area contributed by atoms with Crippen molar-refractivity contribution in [2.75, 3.05) is 0 Å². The minimum absolute atomic E-state index is 0.166. The van der Waals surface area contributed by atoms with E-state index in [-0.39, 0.29) is 5.82 Å². The molecule has 0 heterocycles. The lowest BCUT2D eigenvalue weighted by Gasteiger charge is -2.05. The fourth-order valence-electron chi connectivity index (χ4n) is 1.58. The summed E-state index contributed by atoms with van der Waals surface area (Å²) >= 11 is 4.96. The van der Waals surface area contributed by atoms with Gasteiger partial charge in [-0.2, -0.15) is 0 Å². The van der Waals surface area contributed by atoms with E-state index in [0.29, 0.717) is 17.9 Å². The Balaban J connectivity index is 2.08. The molecule has 4 heteroatoms. The molecule has 0 atom stereocenters. The second-order valence-corrected chi connectivity index (χ2v) is 5.84. The summed E-state index contributed by atoms with van der Waals surface area (Å²) in [4.78, 5) is 1.11. The first-order valence-electron chi connectivity index (χ1n) is 5.55. The van der Waals surface area contributed by atoms with Crippen molar-refractivity contribution in [2.24, 2.45) is 5.73 Å². The summed E-state index contributed by atoms with van der Waals surface area (Å²) in [7, 11) is 0. The Kier molecular flexibility index (Phi) is 4.80. The van der Waals surface area contributed by atoms with Gasteiger partial charge in [0.15, 0.2) is 0 Å². The van der Waals surface area contributed by atoms with Crippen LogP contribution in [0.25, 0.3) is 0 Å². The van der Waals surface area contributed by atoms with E-state index in [9.17, 15) is 4.39 Å². The molecule has 2 rings (SSSR count). The molecule has 2 aromatic carbocycles. The summed E-state index contributed by atoms with van der Waals surface area (Å²) in [6.45, 7) is 0.527. The van der Waals surface area contributed by atoms with Gasteiger partial charge in [-0.15, -0.1) is 11.8 Å². The third-order valence-electron chi connectivity index (χ3n) is 2.54. The Hall–Kier alpha value is -0.840. The van der Waals surface area contributed by atoms with Crippen molar-refractivity contribution in [3.8, 4) is 0 Å². The van der Waals surface area contributed by atoms with Crippen molar-refractivity contribution in [3.63, 3.8) is 0 Å². The number of hydrogen-bond donors (Lipinski definition) is 1. The maximum Gasteiger partial charge on any atom is 0.127 e. The van der Waals surface area contributed by atoms with Crippen molar-refractivity contribution in [1.82, 2.24) is 0 Å². The molecule has 94 valence electrons. The van der Waals surface area contributed by atoms with Crippen LogP contribution in [0.5, 0.6) is 0 Å². The average molecular weight is 326 g/mol. The van der Waals surface area contributed by atoms with Crippen molar-refractivity contribution in [3.05, 3.63) is 63.9 Å². The predicted molar refractivity (Wildman–Crippen MR) is 78.0 cm³/mol. The lowest BCUT2D eigenvalue weighted by atomic mass is 10.2. The van der Waals surface area contributed by atoms with E-state index < -0.39 is 0 Å². The number of thioether (sulfide) groups is 1. The molecule has 0 saturated heterocycles. The van der Waals surface area contributed by atoms with E-state index in [2.05, 4.69) is 15.9 Å². The van der Waals surface area contributed by atoms with Crippen LogP contribution in [0, 0.1) is 5.82 Å². The molecule has 2 N–H and O–H groups in total. The Morgan fingerprint density at radius 1 is 1.17 bits per heavy atom. The minimum Gasteiger partial charge on any atom is -0.326 e. The molecule has 1 nitrogen and oxygen atoms in total. The molecule has 0 radical (unpaired) electrons. The number of halogens is 2. The minimum atomic E-state index is -0.166. The number of benzene rings is 2. The van der Waals surface area contributed by atoms with Crippen molar-refractivity contribution in [1.29, 1.82) is 0 Å². The van der Waals surface area contributed by atoms with Gasteiger partial charge >= 0.3 is 0 Å². The first-order chi connectivity index (χ1) is 8.69. The molecular formula is C14H13BrFNS. The Bertz CT molecular complexity index is 545. The van der Waals surface area contributed by atoms with Gasteiger partial charge < -0.3 is 5.73 Å².